The molecule has 0 N–H and O–H groups in total. The number of thioether (sulfide) groups is 1. The van der Waals surface area contributed by atoms with E-state index in [9.17, 15) is 4.79 Å². The lowest BCUT2D eigenvalue weighted by atomic mass is 10.1. The van der Waals surface area contributed by atoms with E-state index in [4.69, 9.17) is 11.6 Å². The summed E-state index contributed by atoms with van der Waals surface area (Å²) in [4.78, 5) is 19.1. The molecule has 0 bridgehead atoms. The summed E-state index contributed by atoms with van der Waals surface area (Å²) in [6.07, 6.45) is 0. The average molecular weight is 438 g/mol. The minimum Gasteiger partial charge on any atom is -0.286 e. The summed E-state index contributed by atoms with van der Waals surface area (Å²) in [5, 5.41) is 1.22. The number of halogens is 2. The van der Waals surface area contributed by atoms with Crippen LogP contribution >= 0.6 is 39.3 Å². The zero-order valence-corrected chi connectivity index (χ0v) is 17.2. The molecule has 0 atom stereocenters. The van der Waals surface area contributed by atoms with Gasteiger partial charge in [0, 0.05) is 16.8 Å². The summed E-state index contributed by atoms with van der Waals surface area (Å²) < 4.78 is 0.834. The Morgan fingerprint density at radius 1 is 1.28 bits per heavy atom. The maximum atomic E-state index is 12.9. The zero-order chi connectivity index (χ0) is 18.0. The van der Waals surface area contributed by atoms with E-state index in [-0.39, 0.29) is 5.91 Å². The van der Waals surface area contributed by atoms with Gasteiger partial charge in [-0.25, -0.2) is 0 Å². The van der Waals surface area contributed by atoms with Gasteiger partial charge in [-0.15, -0.1) is 0 Å². The Balaban J connectivity index is 1.75. The van der Waals surface area contributed by atoms with Crippen molar-refractivity contribution in [1.82, 2.24) is 4.90 Å². The maximum absolute atomic E-state index is 12.9. The number of carbonyl (C=O) groups excluding carboxylic acids is 1. The molecular weight excluding hydrogens is 420 g/mol. The monoisotopic (exact) mass is 436 g/mol. The van der Waals surface area contributed by atoms with Crippen molar-refractivity contribution in [3.05, 3.63) is 68.1 Å². The Morgan fingerprint density at radius 3 is 2.88 bits per heavy atom. The van der Waals surface area contributed by atoms with Gasteiger partial charge in [-0.1, -0.05) is 63.1 Å². The molecule has 130 valence electrons. The zero-order valence-electron chi connectivity index (χ0n) is 14.1. The van der Waals surface area contributed by atoms with Gasteiger partial charge in [0.1, 0.15) is 0 Å². The summed E-state index contributed by atoms with van der Waals surface area (Å²) in [7, 11) is 0. The van der Waals surface area contributed by atoms with Gasteiger partial charge in [-0.3, -0.25) is 14.7 Å². The molecule has 0 fully saturated rings. The van der Waals surface area contributed by atoms with Crippen molar-refractivity contribution in [3.8, 4) is 0 Å². The Hall–Kier alpha value is -1.30. The van der Waals surface area contributed by atoms with Gasteiger partial charge in [0.2, 0.25) is 0 Å². The van der Waals surface area contributed by atoms with Crippen molar-refractivity contribution < 1.29 is 4.79 Å². The number of carbonyl (C=O) groups is 1. The van der Waals surface area contributed by atoms with E-state index in [1.54, 1.807) is 28.8 Å². The molecule has 0 radical (unpaired) electrons. The highest BCUT2D eigenvalue weighted by atomic mass is 79.9. The van der Waals surface area contributed by atoms with E-state index < -0.39 is 0 Å². The summed E-state index contributed by atoms with van der Waals surface area (Å²) in [5.74, 6) is 0.693. The number of hydrogen-bond donors (Lipinski definition) is 0. The average Bonchev–Trinajstić information content (AvgIpc) is 3.05. The van der Waals surface area contributed by atoms with Crippen molar-refractivity contribution >= 4 is 50.4 Å². The van der Waals surface area contributed by atoms with Gasteiger partial charge in [-0.2, -0.15) is 0 Å². The van der Waals surface area contributed by atoms with Crippen molar-refractivity contribution in [1.29, 1.82) is 0 Å². The number of rotatable bonds is 3. The molecule has 1 aliphatic heterocycles. The largest absolute Gasteiger partial charge is 0.286 e. The second kappa shape index (κ2) is 7.94. The molecule has 0 aromatic heterocycles. The molecule has 1 aliphatic rings. The van der Waals surface area contributed by atoms with Crippen LogP contribution in [0, 0.1) is 13.8 Å². The first kappa shape index (κ1) is 18.5. The Labute approximate surface area is 165 Å². The van der Waals surface area contributed by atoms with Gasteiger partial charge >= 0.3 is 0 Å². The number of hydrogen-bond acceptors (Lipinski definition) is 3. The van der Waals surface area contributed by atoms with Crippen LogP contribution in [0.5, 0.6) is 0 Å². The van der Waals surface area contributed by atoms with Crippen LogP contribution in [0.25, 0.3) is 0 Å². The van der Waals surface area contributed by atoms with E-state index in [1.165, 1.54) is 16.7 Å². The van der Waals surface area contributed by atoms with Crippen LogP contribution in [0.3, 0.4) is 0 Å². The predicted molar refractivity (Wildman–Crippen MR) is 110 cm³/mol. The van der Waals surface area contributed by atoms with Crippen LogP contribution in [0.1, 0.15) is 27.0 Å². The quantitative estimate of drug-likeness (QED) is 0.638. The molecule has 1 heterocycles. The van der Waals surface area contributed by atoms with E-state index in [0.717, 1.165) is 15.4 Å². The summed E-state index contributed by atoms with van der Waals surface area (Å²) in [5.41, 5.74) is 4.26. The van der Waals surface area contributed by atoms with Gasteiger partial charge in [0.05, 0.1) is 17.1 Å². The molecule has 0 aliphatic carbocycles. The highest BCUT2D eigenvalue weighted by Crippen LogP contribution is 2.27. The van der Waals surface area contributed by atoms with Crippen LogP contribution in [0.4, 0.5) is 0 Å². The molecule has 0 saturated carbocycles. The number of benzene rings is 2. The fourth-order valence-corrected chi connectivity index (χ4v) is 4.31. The molecule has 2 aromatic rings. The van der Waals surface area contributed by atoms with Crippen molar-refractivity contribution in [3.63, 3.8) is 0 Å². The molecular formula is C19H18BrClN2OS. The smallest absolute Gasteiger partial charge is 0.261 e. The first-order chi connectivity index (χ1) is 12.0. The lowest BCUT2D eigenvalue weighted by molar-refractivity contribution is 0.0861. The number of aliphatic imine (C=N–C) groups is 1. The molecule has 1 amide bonds. The Morgan fingerprint density at radius 2 is 2.08 bits per heavy atom. The van der Waals surface area contributed by atoms with Crippen molar-refractivity contribution in [2.75, 3.05) is 13.1 Å². The number of amidine groups is 1. The van der Waals surface area contributed by atoms with Gasteiger partial charge in [-0.05, 0) is 43.2 Å². The van der Waals surface area contributed by atoms with Crippen LogP contribution in [-0.4, -0.2) is 29.1 Å². The molecule has 0 saturated heterocycles. The first-order valence-corrected chi connectivity index (χ1v) is 10.1. The molecule has 25 heavy (non-hydrogen) atoms. The minimum absolute atomic E-state index is 0.101. The van der Waals surface area contributed by atoms with E-state index in [1.807, 2.05) is 6.07 Å². The number of nitrogens with zero attached hydrogens (tertiary/aromatic N) is 2. The fraction of sp³-hybridized carbons (Fsp3) is 0.263. The standard InChI is InChI=1S/C19H18BrClN2OS/c1-12-3-4-13(2)14(9-12)11-25-19-22-7-8-23(19)18(24)16-10-15(20)5-6-17(16)21/h3-6,9-10H,7-8,11H2,1-2H3. The maximum Gasteiger partial charge on any atom is 0.261 e. The van der Waals surface area contributed by atoms with E-state index in [0.29, 0.717) is 23.7 Å². The highest BCUT2D eigenvalue weighted by molar-refractivity contribution is 9.10. The fourth-order valence-electron chi connectivity index (χ4n) is 2.64. The van der Waals surface area contributed by atoms with Crippen LogP contribution < -0.4 is 0 Å². The molecule has 6 heteroatoms. The lowest BCUT2D eigenvalue weighted by Crippen LogP contribution is -2.33. The third-order valence-corrected chi connectivity index (χ3v) is 5.95. The molecule has 0 spiro atoms. The normalized spacial score (nSPS) is 13.9. The Bertz CT molecular complexity index is 853. The van der Waals surface area contributed by atoms with Crippen LogP contribution in [-0.2, 0) is 5.75 Å². The van der Waals surface area contributed by atoms with Gasteiger partial charge in [0.25, 0.3) is 5.91 Å². The van der Waals surface area contributed by atoms with Crippen LogP contribution in [0.2, 0.25) is 5.02 Å². The summed E-state index contributed by atoms with van der Waals surface area (Å²) >= 11 is 11.2. The topological polar surface area (TPSA) is 32.7 Å². The Kier molecular flexibility index (Phi) is 5.87. The lowest BCUT2D eigenvalue weighted by Gasteiger charge is -2.19. The molecule has 3 nitrogen and oxygen atoms in total. The first-order valence-electron chi connectivity index (χ1n) is 7.96. The third-order valence-electron chi connectivity index (χ3n) is 4.07. The van der Waals surface area contributed by atoms with Crippen molar-refractivity contribution in [2.45, 2.75) is 19.6 Å². The summed E-state index contributed by atoms with van der Waals surface area (Å²) in [6.45, 7) is 5.42. The van der Waals surface area contributed by atoms with E-state index in [2.05, 4.69) is 53.0 Å². The van der Waals surface area contributed by atoms with Crippen molar-refractivity contribution in [2.24, 2.45) is 4.99 Å². The third kappa shape index (κ3) is 4.27. The summed E-state index contributed by atoms with van der Waals surface area (Å²) in [6, 6.07) is 11.8. The second-order valence-corrected chi connectivity index (χ2v) is 8.23. The SMILES string of the molecule is Cc1ccc(C)c(CSC2=NCCN2C(=O)c2cc(Br)ccc2Cl)c1. The predicted octanol–water partition coefficient (Wildman–Crippen LogP) is 5.46. The molecule has 2 aromatic carbocycles. The highest BCUT2D eigenvalue weighted by Gasteiger charge is 2.26. The minimum atomic E-state index is -0.101. The number of aryl methyl sites for hydroxylation is 2. The van der Waals surface area contributed by atoms with Gasteiger partial charge < -0.3 is 0 Å². The molecule has 0 unspecified atom stereocenters. The molecule has 3 rings (SSSR count). The van der Waals surface area contributed by atoms with Crippen LogP contribution in [0.15, 0.2) is 45.9 Å². The second-order valence-electron chi connectivity index (χ2n) is 5.96. The van der Waals surface area contributed by atoms with E-state index >= 15 is 0 Å². The van der Waals surface area contributed by atoms with Gasteiger partial charge in [0.15, 0.2) is 5.17 Å². The number of amides is 1.